The number of pyridine rings is 1. The van der Waals surface area contributed by atoms with Crippen LogP contribution in [0, 0.1) is 5.41 Å². The van der Waals surface area contributed by atoms with Crippen molar-refractivity contribution in [2.75, 3.05) is 39.8 Å². The van der Waals surface area contributed by atoms with E-state index in [0.29, 0.717) is 37.3 Å². The van der Waals surface area contributed by atoms with Gasteiger partial charge in [-0.25, -0.2) is 4.79 Å². The molecule has 208 valence electrons. The van der Waals surface area contributed by atoms with Crippen molar-refractivity contribution in [2.45, 2.75) is 50.3 Å². The molecule has 0 radical (unpaired) electrons. The Morgan fingerprint density at radius 3 is 2.64 bits per heavy atom. The molecule has 2 saturated heterocycles. The van der Waals surface area contributed by atoms with Gasteiger partial charge in [0.25, 0.3) is 5.56 Å². The molecule has 4 N–H and O–H groups in total. The first kappa shape index (κ1) is 27.1. The predicted octanol–water partition coefficient (Wildman–Crippen LogP) is 2.50. The fourth-order valence-corrected chi connectivity index (χ4v) is 6.82. The number of nitrogens with zero attached hydrogens (tertiary/aromatic N) is 4. The van der Waals surface area contributed by atoms with E-state index >= 15 is 0 Å². The van der Waals surface area contributed by atoms with Crippen LogP contribution < -0.4 is 16.6 Å². The summed E-state index contributed by atoms with van der Waals surface area (Å²) in [4.78, 5) is 35.2. The first-order valence-corrected chi connectivity index (χ1v) is 14.0. The van der Waals surface area contributed by atoms with Gasteiger partial charge in [-0.15, -0.1) is 0 Å². The van der Waals surface area contributed by atoms with Crippen molar-refractivity contribution in [2.24, 2.45) is 16.1 Å². The molecular weight excluding hydrogens is 492 g/mol. The van der Waals surface area contributed by atoms with Crippen LogP contribution in [0.15, 0.2) is 70.7 Å². The Morgan fingerprint density at radius 1 is 1.18 bits per heavy atom. The number of aromatic nitrogens is 1. The number of benzene rings is 1. The smallest absolute Gasteiger partial charge is 0.320 e. The maximum Gasteiger partial charge on any atom is 0.320 e. The lowest BCUT2D eigenvalue weighted by Gasteiger charge is -2.53. The van der Waals surface area contributed by atoms with Gasteiger partial charge in [0, 0.05) is 63.0 Å². The number of carbonyl (C=O) groups excluding carboxylic acids is 1. The fourth-order valence-electron chi connectivity index (χ4n) is 6.82. The van der Waals surface area contributed by atoms with Crippen LogP contribution in [-0.2, 0) is 6.54 Å². The Morgan fingerprint density at radius 2 is 1.95 bits per heavy atom. The molecule has 1 aromatic carbocycles. The van der Waals surface area contributed by atoms with Gasteiger partial charge in [-0.1, -0.05) is 43.2 Å². The Labute approximate surface area is 230 Å². The van der Waals surface area contributed by atoms with Gasteiger partial charge in [0.15, 0.2) is 0 Å². The topological polar surface area (TPSA) is 116 Å². The van der Waals surface area contributed by atoms with E-state index in [-0.39, 0.29) is 24.2 Å². The number of rotatable bonds is 5. The van der Waals surface area contributed by atoms with E-state index in [1.165, 1.54) is 6.20 Å². The zero-order valence-corrected chi connectivity index (χ0v) is 22.8. The van der Waals surface area contributed by atoms with E-state index in [2.05, 4.69) is 22.4 Å². The number of aliphatic imine (C=N–C) groups is 1. The summed E-state index contributed by atoms with van der Waals surface area (Å²) in [6, 6.07) is 13.6. The highest BCUT2D eigenvalue weighted by atomic mass is 16.3. The molecule has 9 nitrogen and oxygen atoms in total. The van der Waals surface area contributed by atoms with Crippen molar-refractivity contribution < 1.29 is 9.90 Å². The average molecular weight is 533 g/mol. The first-order valence-electron chi connectivity index (χ1n) is 14.0. The zero-order valence-electron chi connectivity index (χ0n) is 22.8. The van der Waals surface area contributed by atoms with Gasteiger partial charge in [0.1, 0.15) is 0 Å². The Kier molecular flexibility index (Phi) is 7.91. The van der Waals surface area contributed by atoms with E-state index in [1.807, 2.05) is 34.1 Å². The van der Waals surface area contributed by atoms with Gasteiger partial charge in [-0.2, -0.15) is 0 Å². The SMILES string of the molecule is CN=C(C=CN)c1ccn(C[C@]2(O)CCN(C(=O)N3CCNCC3c3ccccc3)CC23CCCC3)c(=O)c1. The molecule has 2 aliphatic heterocycles. The minimum atomic E-state index is -1.08. The third-order valence-corrected chi connectivity index (χ3v) is 9.00. The van der Waals surface area contributed by atoms with Gasteiger partial charge in [-0.05, 0) is 43.2 Å². The summed E-state index contributed by atoms with van der Waals surface area (Å²) in [7, 11) is 1.66. The van der Waals surface area contributed by atoms with E-state index in [4.69, 9.17) is 5.73 Å². The van der Waals surface area contributed by atoms with Crippen LogP contribution in [0.25, 0.3) is 0 Å². The number of allylic oxidation sites excluding steroid dienone is 1. The number of hydrogen-bond donors (Lipinski definition) is 3. The second-order valence-corrected chi connectivity index (χ2v) is 11.1. The standard InChI is InChI=1S/C30H40N6O3/c1-32-25(9-14-31)24-10-16-34(27(37)19-24)22-30(39)13-17-35(21-29(30)11-5-6-12-29)28(38)36-18-15-33-20-26(36)23-7-3-2-4-8-23/h2-4,7-10,14,16,19,26,33,39H,5-6,11-13,15,17-18,20-22,31H2,1H3/t26?,30-/m1/s1. The molecule has 3 heterocycles. The summed E-state index contributed by atoms with van der Waals surface area (Å²) >= 11 is 0. The minimum absolute atomic E-state index is 0.0180. The molecule has 1 unspecified atom stereocenters. The molecule has 2 amide bonds. The van der Waals surface area contributed by atoms with Crippen molar-refractivity contribution in [3.8, 4) is 0 Å². The van der Waals surface area contributed by atoms with Gasteiger partial charge in [0.05, 0.1) is 23.9 Å². The van der Waals surface area contributed by atoms with Crippen molar-refractivity contribution in [3.63, 3.8) is 0 Å². The number of likely N-dealkylation sites (tertiary alicyclic amines) is 1. The Hall–Kier alpha value is -3.43. The lowest BCUT2D eigenvalue weighted by molar-refractivity contribution is -0.136. The van der Waals surface area contributed by atoms with Gasteiger partial charge in [0.2, 0.25) is 0 Å². The number of piperazine rings is 1. The van der Waals surface area contributed by atoms with E-state index in [1.54, 1.807) is 30.0 Å². The first-order chi connectivity index (χ1) is 18.9. The third kappa shape index (κ3) is 5.25. The van der Waals surface area contributed by atoms with Gasteiger partial charge >= 0.3 is 6.03 Å². The van der Waals surface area contributed by atoms with Crippen molar-refractivity contribution in [1.29, 1.82) is 0 Å². The highest BCUT2D eigenvalue weighted by Gasteiger charge is 2.56. The summed E-state index contributed by atoms with van der Waals surface area (Å²) in [6.45, 7) is 3.32. The largest absolute Gasteiger partial charge is 0.405 e. The van der Waals surface area contributed by atoms with Crippen molar-refractivity contribution in [1.82, 2.24) is 19.7 Å². The number of amides is 2. The molecule has 1 saturated carbocycles. The maximum atomic E-state index is 13.9. The molecule has 1 spiro atoms. The van der Waals surface area contributed by atoms with Crippen LogP contribution in [0.2, 0.25) is 0 Å². The quantitative estimate of drug-likeness (QED) is 0.512. The highest BCUT2D eigenvalue weighted by Crippen LogP contribution is 2.51. The molecule has 39 heavy (non-hydrogen) atoms. The van der Waals surface area contributed by atoms with E-state index in [9.17, 15) is 14.7 Å². The lowest BCUT2D eigenvalue weighted by atomic mass is 9.66. The second-order valence-electron chi connectivity index (χ2n) is 11.1. The van der Waals surface area contributed by atoms with Crippen molar-refractivity contribution >= 4 is 11.7 Å². The van der Waals surface area contributed by atoms with Crippen LogP contribution in [0.5, 0.6) is 0 Å². The maximum absolute atomic E-state index is 13.9. The molecule has 2 aromatic rings. The number of carbonyl (C=O) groups is 1. The number of nitrogens with one attached hydrogen (secondary N) is 1. The second kappa shape index (κ2) is 11.4. The Balaban J connectivity index is 1.37. The van der Waals surface area contributed by atoms with E-state index < -0.39 is 11.0 Å². The average Bonchev–Trinajstić information content (AvgIpc) is 3.44. The molecule has 3 aliphatic rings. The van der Waals surface area contributed by atoms with Crippen molar-refractivity contribution in [3.05, 3.63) is 82.4 Å². The molecule has 1 aliphatic carbocycles. The van der Waals surface area contributed by atoms with Crippen LogP contribution >= 0.6 is 0 Å². The monoisotopic (exact) mass is 532 g/mol. The van der Waals surface area contributed by atoms with Crippen LogP contribution in [0.4, 0.5) is 4.79 Å². The number of urea groups is 1. The summed E-state index contributed by atoms with van der Waals surface area (Å²) in [6.07, 6.45) is 8.95. The number of nitrogens with two attached hydrogens (primary N) is 1. The molecule has 1 aromatic heterocycles. The molecule has 9 heteroatoms. The number of aliphatic hydroxyl groups is 1. The summed E-state index contributed by atoms with van der Waals surface area (Å²) < 4.78 is 1.60. The fraction of sp³-hybridized carbons (Fsp3) is 0.500. The Bertz CT molecular complexity index is 1280. The summed E-state index contributed by atoms with van der Waals surface area (Å²) in [5.41, 5.74) is 6.26. The third-order valence-electron chi connectivity index (χ3n) is 9.00. The molecule has 2 atom stereocenters. The number of piperidine rings is 1. The molecular formula is C30H40N6O3. The van der Waals surface area contributed by atoms with Gasteiger partial charge < -0.3 is 30.5 Å². The van der Waals surface area contributed by atoms with Crippen LogP contribution in [-0.4, -0.2) is 76.6 Å². The summed E-state index contributed by atoms with van der Waals surface area (Å²) in [5.74, 6) is 0. The molecule has 5 rings (SSSR count). The lowest BCUT2D eigenvalue weighted by Crippen LogP contribution is -2.64. The minimum Gasteiger partial charge on any atom is -0.405 e. The zero-order chi connectivity index (χ0) is 27.5. The van der Waals surface area contributed by atoms with Crippen LogP contribution in [0.1, 0.15) is 49.3 Å². The normalized spacial score (nSPS) is 25.5. The predicted molar refractivity (Wildman–Crippen MR) is 153 cm³/mol. The van der Waals surface area contributed by atoms with Gasteiger partial charge in [-0.3, -0.25) is 9.79 Å². The van der Waals surface area contributed by atoms with Crippen LogP contribution in [0.3, 0.4) is 0 Å². The highest BCUT2D eigenvalue weighted by molar-refractivity contribution is 6.08. The molecule has 0 bridgehead atoms. The number of hydrogen-bond acceptors (Lipinski definition) is 6. The summed E-state index contributed by atoms with van der Waals surface area (Å²) in [5, 5.41) is 15.6. The van der Waals surface area contributed by atoms with E-state index in [0.717, 1.165) is 44.3 Å². The molecule has 3 fully saturated rings.